The maximum atomic E-state index is 12.0. The van der Waals surface area contributed by atoms with E-state index in [9.17, 15) is 4.79 Å². The summed E-state index contributed by atoms with van der Waals surface area (Å²) in [5, 5.41) is 11.8. The van der Waals surface area contributed by atoms with Gasteiger partial charge >= 0.3 is 0 Å². The van der Waals surface area contributed by atoms with Crippen LogP contribution in [0.25, 0.3) is 11.4 Å². The molecule has 0 fully saturated rings. The highest BCUT2D eigenvalue weighted by atomic mass is 32.2. The van der Waals surface area contributed by atoms with Gasteiger partial charge in [-0.05, 0) is 25.5 Å². The molecule has 1 amide bonds. The fourth-order valence-corrected chi connectivity index (χ4v) is 2.86. The Morgan fingerprint density at radius 2 is 2.35 bits per heavy atom. The molecule has 1 atom stereocenters. The lowest BCUT2D eigenvalue weighted by molar-refractivity contribution is -0.120. The number of carbonyl (C=O) groups is 1. The molecule has 0 radical (unpaired) electrons. The Kier molecular flexibility index (Phi) is 6.34. The average Bonchev–Trinajstić information content (AvgIpc) is 2.96. The van der Waals surface area contributed by atoms with Gasteiger partial charge in [0, 0.05) is 31.0 Å². The lowest BCUT2D eigenvalue weighted by Gasteiger charge is -2.12. The van der Waals surface area contributed by atoms with Crippen molar-refractivity contribution in [1.82, 2.24) is 25.1 Å². The van der Waals surface area contributed by atoms with E-state index in [2.05, 4.69) is 27.1 Å². The number of rotatable bonds is 8. The molecule has 0 spiro atoms. The quantitative estimate of drug-likeness (QED) is 0.594. The van der Waals surface area contributed by atoms with Gasteiger partial charge in [-0.2, -0.15) is 0 Å². The molecular weight excluding hydrogens is 310 g/mol. The topological polar surface area (TPSA) is 72.7 Å². The predicted molar refractivity (Wildman–Crippen MR) is 92.1 cm³/mol. The standard InChI is InChI=1S/C16H21N5OS/c1-4-8-18-15(22)12(3)23-16-20-19-14(21(16)10-5-2)13-7-6-9-17-11-13/h5-7,9,11-12H,2,4,8,10H2,1,3H3,(H,18,22)/t12-/m0/s1. The van der Waals surface area contributed by atoms with Crippen LogP contribution in [-0.2, 0) is 11.3 Å². The van der Waals surface area contributed by atoms with Crippen LogP contribution >= 0.6 is 11.8 Å². The van der Waals surface area contributed by atoms with Crippen LogP contribution in [0.15, 0.2) is 42.3 Å². The maximum Gasteiger partial charge on any atom is 0.233 e. The zero-order valence-corrected chi connectivity index (χ0v) is 14.2. The van der Waals surface area contributed by atoms with E-state index in [1.807, 2.05) is 30.5 Å². The largest absolute Gasteiger partial charge is 0.355 e. The van der Waals surface area contributed by atoms with Crippen molar-refractivity contribution in [2.45, 2.75) is 37.2 Å². The normalized spacial score (nSPS) is 11.9. The van der Waals surface area contributed by atoms with E-state index in [1.165, 1.54) is 11.8 Å². The summed E-state index contributed by atoms with van der Waals surface area (Å²) in [4.78, 5) is 16.1. The summed E-state index contributed by atoms with van der Waals surface area (Å²) in [6, 6.07) is 3.79. The molecule has 0 unspecified atom stereocenters. The van der Waals surface area contributed by atoms with Gasteiger partial charge in [0.25, 0.3) is 0 Å². The predicted octanol–water partition coefficient (Wildman–Crippen LogP) is 2.53. The van der Waals surface area contributed by atoms with Gasteiger partial charge < -0.3 is 5.32 Å². The molecule has 122 valence electrons. The highest BCUT2D eigenvalue weighted by Gasteiger charge is 2.20. The summed E-state index contributed by atoms with van der Waals surface area (Å²) < 4.78 is 1.94. The first-order valence-corrected chi connectivity index (χ1v) is 8.44. The van der Waals surface area contributed by atoms with Crippen molar-refractivity contribution in [2.75, 3.05) is 6.54 Å². The number of carbonyl (C=O) groups excluding carboxylic acids is 1. The fraction of sp³-hybridized carbons (Fsp3) is 0.375. The van der Waals surface area contributed by atoms with Crippen molar-refractivity contribution in [3.8, 4) is 11.4 Å². The smallest absolute Gasteiger partial charge is 0.233 e. The van der Waals surface area contributed by atoms with Crippen LogP contribution in [-0.4, -0.2) is 37.5 Å². The lowest BCUT2D eigenvalue weighted by atomic mass is 10.3. The molecule has 0 saturated carbocycles. The van der Waals surface area contributed by atoms with Gasteiger partial charge in [-0.1, -0.05) is 24.8 Å². The lowest BCUT2D eigenvalue weighted by Crippen LogP contribution is -2.31. The van der Waals surface area contributed by atoms with Crippen molar-refractivity contribution >= 4 is 17.7 Å². The molecule has 2 heterocycles. The summed E-state index contributed by atoms with van der Waals surface area (Å²) in [6.07, 6.45) is 6.17. The minimum atomic E-state index is -0.240. The van der Waals surface area contributed by atoms with Crippen LogP contribution in [0.2, 0.25) is 0 Å². The second kappa shape index (κ2) is 8.47. The van der Waals surface area contributed by atoms with Crippen molar-refractivity contribution in [3.63, 3.8) is 0 Å². The van der Waals surface area contributed by atoms with Crippen LogP contribution in [0, 0.1) is 0 Å². The molecule has 0 aromatic carbocycles. The number of pyridine rings is 1. The van der Waals surface area contributed by atoms with E-state index in [0.29, 0.717) is 18.2 Å². The Hall–Kier alpha value is -2.15. The van der Waals surface area contributed by atoms with Gasteiger partial charge in [0.1, 0.15) is 0 Å². The number of thioether (sulfide) groups is 1. The fourth-order valence-electron chi connectivity index (χ4n) is 1.98. The molecule has 2 rings (SSSR count). The number of nitrogens with zero attached hydrogens (tertiary/aromatic N) is 4. The Balaban J connectivity index is 2.21. The van der Waals surface area contributed by atoms with E-state index in [0.717, 1.165) is 17.8 Å². The number of hydrogen-bond acceptors (Lipinski definition) is 5. The van der Waals surface area contributed by atoms with Gasteiger partial charge in [0.05, 0.1) is 5.25 Å². The third kappa shape index (κ3) is 4.41. The van der Waals surface area contributed by atoms with Gasteiger partial charge in [0.2, 0.25) is 5.91 Å². The first-order chi connectivity index (χ1) is 11.2. The first-order valence-electron chi connectivity index (χ1n) is 7.56. The van der Waals surface area contributed by atoms with Crippen molar-refractivity contribution < 1.29 is 4.79 Å². The number of hydrogen-bond donors (Lipinski definition) is 1. The zero-order valence-electron chi connectivity index (χ0n) is 13.4. The van der Waals surface area contributed by atoms with Gasteiger partial charge in [-0.3, -0.25) is 14.3 Å². The van der Waals surface area contributed by atoms with Crippen molar-refractivity contribution in [1.29, 1.82) is 0 Å². The molecule has 0 bridgehead atoms. The van der Waals surface area contributed by atoms with Gasteiger partial charge in [0.15, 0.2) is 11.0 Å². The summed E-state index contributed by atoms with van der Waals surface area (Å²) in [5.74, 6) is 0.731. The van der Waals surface area contributed by atoms with Crippen LogP contribution < -0.4 is 5.32 Å². The molecule has 2 aromatic heterocycles. The van der Waals surface area contributed by atoms with Crippen LogP contribution in [0.3, 0.4) is 0 Å². The van der Waals surface area contributed by atoms with E-state index in [1.54, 1.807) is 18.5 Å². The molecule has 0 aliphatic carbocycles. The number of allylic oxidation sites excluding steroid dienone is 1. The molecule has 0 aliphatic rings. The van der Waals surface area contributed by atoms with E-state index in [-0.39, 0.29) is 11.2 Å². The van der Waals surface area contributed by atoms with Gasteiger partial charge in [-0.25, -0.2) is 0 Å². The molecule has 0 saturated heterocycles. The summed E-state index contributed by atoms with van der Waals surface area (Å²) >= 11 is 1.39. The Morgan fingerprint density at radius 1 is 1.52 bits per heavy atom. The minimum Gasteiger partial charge on any atom is -0.355 e. The Bertz CT molecular complexity index is 656. The van der Waals surface area contributed by atoms with Crippen LogP contribution in [0.4, 0.5) is 0 Å². The highest BCUT2D eigenvalue weighted by Crippen LogP contribution is 2.26. The highest BCUT2D eigenvalue weighted by molar-refractivity contribution is 8.00. The maximum absolute atomic E-state index is 12.0. The Morgan fingerprint density at radius 3 is 3.00 bits per heavy atom. The molecule has 23 heavy (non-hydrogen) atoms. The zero-order chi connectivity index (χ0) is 16.7. The summed E-state index contributed by atoms with van der Waals surface area (Å²) in [7, 11) is 0. The molecule has 7 heteroatoms. The molecule has 1 N–H and O–H groups in total. The SMILES string of the molecule is C=CCn1c(S[C@@H](C)C(=O)NCCC)nnc1-c1cccnc1. The van der Waals surface area contributed by atoms with Crippen molar-refractivity contribution in [3.05, 3.63) is 37.2 Å². The summed E-state index contributed by atoms with van der Waals surface area (Å²) in [5.41, 5.74) is 0.886. The number of aromatic nitrogens is 4. The van der Waals surface area contributed by atoms with Gasteiger partial charge in [-0.15, -0.1) is 16.8 Å². The Labute approximate surface area is 140 Å². The van der Waals surface area contributed by atoms with E-state index >= 15 is 0 Å². The van der Waals surface area contributed by atoms with E-state index in [4.69, 9.17) is 0 Å². The van der Waals surface area contributed by atoms with Crippen LogP contribution in [0.1, 0.15) is 20.3 Å². The molecule has 0 aliphatic heterocycles. The molecule has 6 nitrogen and oxygen atoms in total. The number of amides is 1. The second-order valence-corrected chi connectivity index (χ2v) is 6.31. The minimum absolute atomic E-state index is 0.00734. The first kappa shape index (κ1) is 17.2. The molecule has 2 aromatic rings. The average molecular weight is 331 g/mol. The summed E-state index contributed by atoms with van der Waals surface area (Å²) in [6.45, 7) is 8.94. The third-order valence-corrected chi connectivity index (χ3v) is 4.23. The van der Waals surface area contributed by atoms with E-state index < -0.39 is 0 Å². The second-order valence-electron chi connectivity index (χ2n) is 5.00. The number of nitrogens with one attached hydrogen (secondary N) is 1. The van der Waals surface area contributed by atoms with Crippen molar-refractivity contribution in [2.24, 2.45) is 0 Å². The third-order valence-electron chi connectivity index (χ3n) is 3.15. The van der Waals surface area contributed by atoms with Crippen LogP contribution in [0.5, 0.6) is 0 Å². The molecular formula is C16H21N5OS. The monoisotopic (exact) mass is 331 g/mol.